The lowest BCUT2D eigenvalue weighted by molar-refractivity contribution is 0.0603. The van der Waals surface area contributed by atoms with Crippen molar-refractivity contribution in [2.24, 2.45) is 0 Å². The summed E-state index contributed by atoms with van der Waals surface area (Å²) in [6.45, 7) is 2.21. The van der Waals surface area contributed by atoms with Crippen LogP contribution in [0.5, 0.6) is 0 Å². The van der Waals surface area contributed by atoms with Crippen LogP contribution in [0.4, 0.5) is 0 Å². The lowest BCUT2D eigenvalue weighted by Crippen LogP contribution is -2.28. The molecule has 0 spiro atoms. The van der Waals surface area contributed by atoms with Gasteiger partial charge in [-0.1, -0.05) is 6.92 Å². The molecule has 18 heavy (non-hydrogen) atoms. The van der Waals surface area contributed by atoms with Crippen molar-refractivity contribution < 1.29 is 18.3 Å². The number of hydrogen-bond acceptors (Lipinski definition) is 5. The standard InChI is InChI=1S/C10H19N3O4S/c1-3-9-11-6-10(13-9)18(15,16)12-5-4-8(14)7-17-2/h6,8,12,14H,3-5,7H2,1-2H3,(H,11,13). The van der Waals surface area contributed by atoms with E-state index in [4.69, 9.17) is 4.74 Å². The fourth-order valence-corrected chi connectivity index (χ4v) is 2.36. The largest absolute Gasteiger partial charge is 0.391 e. The van der Waals surface area contributed by atoms with Crippen LogP contribution in [0, 0.1) is 0 Å². The lowest BCUT2D eigenvalue weighted by Gasteiger charge is -2.09. The van der Waals surface area contributed by atoms with Gasteiger partial charge in [-0.05, 0) is 6.42 Å². The number of aliphatic hydroxyl groups is 1. The predicted molar refractivity (Wildman–Crippen MR) is 65.7 cm³/mol. The summed E-state index contributed by atoms with van der Waals surface area (Å²) in [7, 11) is -2.10. The Kier molecular flexibility index (Phi) is 5.73. The van der Waals surface area contributed by atoms with Crippen LogP contribution < -0.4 is 4.72 Å². The highest BCUT2D eigenvalue weighted by Crippen LogP contribution is 2.05. The van der Waals surface area contributed by atoms with Crippen molar-refractivity contribution >= 4 is 10.0 Å². The molecule has 1 atom stereocenters. The Morgan fingerprint density at radius 1 is 1.61 bits per heavy atom. The second-order valence-electron chi connectivity index (χ2n) is 3.84. The number of methoxy groups -OCH3 is 1. The van der Waals surface area contributed by atoms with Crippen LogP contribution in [-0.4, -0.2) is 49.9 Å². The first-order chi connectivity index (χ1) is 8.49. The Balaban J connectivity index is 2.50. The molecule has 0 aromatic carbocycles. The lowest BCUT2D eigenvalue weighted by atomic mass is 10.3. The molecule has 1 heterocycles. The average molecular weight is 277 g/mol. The van der Waals surface area contributed by atoms with Crippen molar-refractivity contribution in [3.8, 4) is 0 Å². The first kappa shape index (κ1) is 15.1. The summed E-state index contributed by atoms with van der Waals surface area (Å²) in [6, 6.07) is 0. The maximum absolute atomic E-state index is 11.8. The minimum absolute atomic E-state index is 0.0422. The molecule has 1 rings (SSSR count). The molecule has 0 saturated heterocycles. The summed E-state index contributed by atoms with van der Waals surface area (Å²) >= 11 is 0. The number of nitrogens with zero attached hydrogens (tertiary/aromatic N) is 1. The minimum Gasteiger partial charge on any atom is -0.391 e. The second-order valence-corrected chi connectivity index (χ2v) is 5.58. The highest BCUT2D eigenvalue weighted by atomic mass is 32.2. The van der Waals surface area contributed by atoms with Crippen molar-refractivity contribution in [3.05, 3.63) is 12.0 Å². The van der Waals surface area contributed by atoms with E-state index in [2.05, 4.69) is 14.7 Å². The molecule has 7 nitrogen and oxygen atoms in total. The molecular weight excluding hydrogens is 258 g/mol. The van der Waals surface area contributed by atoms with Gasteiger partial charge in [0.15, 0.2) is 5.03 Å². The van der Waals surface area contributed by atoms with E-state index in [9.17, 15) is 13.5 Å². The molecule has 0 aliphatic heterocycles. The molecule has 1 aromatic rings. The van der Waals surface area contributed by atoms with E-state index < -0.39 is 16.1 Å². The SMILES string of the molecule is CCc1ncc(S(=O)(=O)NCCC(O)COC)[nH]1. The van der Waals surface area contributed by atoms with Gasteiger partial charge in [-0.25, -0.2) is 18.1 Å². The monoisotopic (exact) mass is 277 g/mol. The van der Waals surface area contributed by atoms with Gasteiger partial charge in [0.2, 0.25) is 0 Å². The maximum atomic E-state index is 11.8. The van der Waals surface area contributed by atoms with Gasteiger partial charge >= 0.3 is 0 Å². The molecule has 0 fully saturated rings. The summed E-state index contributed by atoms with van der Waals surface area (Å²) in [6.07, 6.45) is 1.54. The van der Waals surface area contributed by atoms with Gasteiger partial charge in [0, 0.05) is 20.1 Å². The van der Waals surface area contributed by atoms with Gasteiger partial charge in [0.1, 0.15) is 5.82 Å². The summed E-state index contributed by atoms with van der Waals surface area (Å²) < 4.78 is 30.7. The highest BCUT2D eigenvalue weighted by molar-refractivity contribution is 7.89. The summed E-state index contributed by atoms with van der Waals surface area (Å²) in [5.74, 6) is 0.620. The normalized spacial score (nSPS) is 13.7. The van der Waals surface area contributed by atoms with Gasteiger partial charge < -0.3 is 14.8 Å². The zero-order chi connectivity index (χ0) is 13.6. The summed E-state index contributed by atoms with van der Waals surface area (Å²) in [5.41, 5.74) is 0. The number of imidazole rings is 1. The first-order valence-corrected chi connectivity index (χ1v) is 7.18. The Labute approximate surface area is 107 Å². The van der Waals surface area contributed by atoms with Crippen LogP contribution >= 0.6 is 0 Å². The molecular formula is C10H19N3O4S. The quantitative estimate of drug-likeness (QED) is 0.602. The highest BCUT2D eigenvalue weighted by Gasteiger charge is 2.16. The van der Waals surface area contributed by atoms with Crippen LogP contribution in [-0.2, 0) is 21.2 Å². The third-order valence-corrected chi connectivity index (χ3v) is 3.73. The number of aromatic amines is 1. The number of hydrogen-bond donors (Lipinski definition) is 3. The number of nitrogens with one attached hydrogen (secondary N) is 2. The van der Waals surface area contributed by atoms with E-state index in [-0.39, 0.29) is 18.2 Å². The van der Waals surface area contributed by atoms with Gasteiger partial charge in [0.25, 0.3) is 10.0 Å². The Morgan fingerprint density at radius 2 is 2.33 bits per heavy atom. The molecule has 0 radical (unpaired) electrons. The molecule has 0 saturated carbocycles. The van der Waals surface area contributed by atoms with E-state index in [1.54, 1.807) is 0 Å². The molecule has 1 unspecified atom stereocenters. The van der Waals surface area contributed by atoms with E-state index in [0.29, 0.717) is 18.7 Å². The number of H-pyrrole nitrogens is 1. The van der Waals surface area contributed by atoms with Gasteiger partial charge in [0.05, 0.1) is 18.9 Å². The van der Waals surface area contributed by atoms with E-state index >= 15 is 0 Å². The zero-order valence-electron chi connectivity index (χ0n) is 10.5. The Bertz CT molecular complexity index is 457. The smallest absolute Gasteiger partial charge is 0.257 e. The minimum atomic E-state index is -3.58. The van der Waals surface area contributed by atoms with Gasteiger partial charge in [-0.15, -0.1) is 0 Å². The van der Waals surface area contributed by atoms with E-state index in [1.807, 2.05) is 6.92 Å². The van der Waals surface area contributed by atoms with Crippen LogP contribution in [0.25, 0.3) is 0 Å². The molecule has 0 amide bonds. The number of sulfonamides is 1. The molecule has 1 aromatic heterocycles. The van der Waals surface area contributed by atoms with Crippen LogP contribution in [0.15, 0.2) is 11.2 Å². The molecule has 3 N–H and O–H groups in total. The zero-order valence-corrected chi connectivity index (χ0v) is 11.3. The van der Waals surface area contributed by atoms with Crippen LogP contribution in [0.3, 0.4) is 0 Å². The Morgan fingerprint density at radius 3 is 2.89 bits per heavy atom. The van der Waals surface area contributed by atoms with Gasteiger partial charge in [-0.2, -0.15) is 0 Å². The third kappa shape index (κ3) is 4.37. The van der Waals surface area contributed by atoms with Crippen LogP contribution in [0.1, 0.15) is 19.2 Å². The molecule has 0 aliphatic rings. The predicted octanol–water partition coefficient (Wildman–Crippen LogP) is -0.352. The molecule has 0 aliphatic carbocycles. The number of ether oxygens (including phenoxy) is 1. The van der Waals surface area contributed by atoms with Crippen molar-refractivity contribution in [1.29, 1.82) is 0 Å². The second kappa shape index (κ2) is 6.83. The fraction of sp³-hybridized carbons (Fsp3) is 0.700. The molecule has 104 valence electrons. The molecule has 0 bridgehead atoms. The van der Waals surface area contributed by atoms with Crippen LogP contribution in [0.2, 0.25) is 0 Å². The van der Waals surface area contributed by atoms with Crippen molar-refractivity contribution in [1.82, 2.24) is 14.7 Å². The van der Waals surface area contributed by atoms with E-state index in [1.165, 1.54) is 13.3 Å². The van der Waals surface area contributed by atoms with Crippen molar-refractivity contribution in [3.63, 3.8) is 0 Å². The maximum Gasteiger partial charge on any atom is 0.257 e. The number of aliphatic hydroxyl groups excluding tert-OH is 1. The number of aromatic nitrogens is 2. The first-order valence-electron chi connectivity index (χ1n) is 5.70. The number of rotatable bonds is 8. The summed E-state index contributed by atoms with van der Waals surface area (Å²) in [5, 5.41) is 9.42. The Hall–Kier alpha value is -0.960. The fourth-order valence-electron chi connectivity index (χ4n) is 1.37. The average Bonchev–Trinajstić information content (AvgIpc) is 2.78. The van der Waals surface area contributed by atoms with Gasteiger partial charge in [-0.3, -0.25) is 0 Å². The summed E-state index contributed by atoms with van der Waals surface area (Å²) in [4.78, 5) is 6.65. The molecule has 8 heteroatoms. The number of aryl methyl sites for hydroxylation is 1. The van der Waals surface area contributed by atoms with Crippen molar-refractivity contribution in [2.45, 2.75) is 30.9 Å². The van der Waals surface area contributed by atoms with Crippen molar-refractivity contribution in [2.75, 3.05) is 20.3 Å². The topological polar surface area (TPSA) is 104 Å². The third-order valence-electron chi connectivity index (χ3n) is 2.36. The van der Waals surface area contributed by atoms with E-state index in [0.717, 1.165) is 0 Å².